The largest absolute Gasteiger partial charge is 0.340 e. The van der Waals surface area contributed by atoms with Crippen molar-refractivity contribution in [2.45, 2.75) is 33.7 Å². The smallest absolute Gasteiger partial charge is 0.272 e. The molecule has 0 aliphatic carbocycles. The van der Waals surface area contributed by atoms with Gasteiger partial charge in [0.05, 0.1) is 11.0 Å². The molecule has 0 spiro atoms. The third-order valence-corrected chi connectivity index (χ3v) is 5.13. The van der Waals surface area contributed by atoms with Crippen LogP contribution in [0, 0.1) is 20.8 Å². The number of nitrogens with zero attached hydrogens (tertiary/aromatic N) is 4. The number of hydrogen-bond donors (Lipinski definition) is 0. The maximum atomic E-state index is 12.6. The van der Waals surface area contributed by atoms with Gasteiger partial charge < -0.3 is 14.4 Å². The molecule has 1 amide bonds. The quantitative estimate of drug-likeness (QED) is 0.848. The van der Waals surface area contributed by atoms with Crippen LogP contribution in [0.3, 0.4) is 0 Å². The molecule has 0 radical (unpaired) electrons. The van der Waals surface area contributed by atoms with E-state index in [9.17, 15) is 9.59 Å². The van der Waals surface area contributed by atoms with Gasteiger partial charge in [-0.25, -0.2) is 4.98 Å². The van der Waals surface area contributed by atoms with E-state index in [2.05, 4.69) is 16.9 Å². The number of benzene rings is 1. The molecule has 0 N–H and O–H groups in total. The minimum Gasteiger partial charge on any atom is -0.340 e. The van der Waals surface area contributed by atoms with Crippen LogP contribution in [0.4, 0.5) is 0 Å². The van der Waals surface area contributed by atoms with Crippen molar-refractivity contribution < 1.29 is 4.79 Å². The Morgan fingerprint density at radius 1 is 1.08 bits per heavy atom. The number of hydrogen-bond acceptors (Lipinski definition) is 4. The number of carbonyl (C=O) groups excluding carboxylic acids is 1. The third kappa shape index (κ3) is 3.58. The molecule has 6 heteroatoms. The van der Waals surface area contributed by atoms with E-state index >= 15 is 0 Å². The van der Waals surface area contributed by atoms with Crippen LogP contribution >= 0.6 is 0 Å². The zero-order valence-electron chi connectivity index (χ0n) is 15.5. The molecule has 1 saturated heterocycles. The van der Waals surface area contributed by atoms with Gasteiger partial charge in [0.25, 0.3) is 5.56 Å². The molecule has 1 aliphatic heterocycles. The Bertz CT molecular complexity index is 864. The minimum atomic E-state index is -0.109. The molecule has 6 nitrogen and oxygen atoms in total. The van der Waals surface area contributed by atoms with Crippen molar-refractivity contribution >= 4 is 16.9 Å². The van der Waals surface area contributed by atoms with Crippen LogP contribution in [-0.4, -0.2) is 58.5 Å². The first-order chi connectivity index (χ1) is 11.9. The van der Waals surface area contributed by atoms with Crippen LogP contribution in [0.25, 0.3) is 11.0 Å². The summed E-state index contributed by atoms with van der Waals surface area (Å²) < 4.78 is 1.71. The van der Waals surface area contributed by atoms with Crippen molar-refractivity contribution in [3.05, 3.63) is 39.3 Å². The molecular formula is C19H26N4O2. The van der Waals surface area contributed by atoms with Gasteiger partial charge in [-0.05, 0) is 51.1 Å². The van der Waals surface area contributed by atoms with Gasteiger partial charge in [-0.3, -0.25) is 9.59 Å². The fourth-order valence-electron chi connectivity index (χ4n) is 3.27. The second-order valence-electron chi connectivity index (χ2n) is 7.01. The van der Waals surface area contributed by atoms with Crippen LogP contribution in [0.2, 0.25) is 0 Å². The molecule has 0 bridgehead atoms. The van der Waals surface area contributed by atoms with E-state index in [0.717, 1.165) is 48.3 Å². The lowest BCUT2D eigenvalue weighted by Gasteiger charge is -2.32. The lowest BCUT2D eigenvalue weighted by Crippen LogP contribution is -2.47. The molecule has 134 valence electrons. The number of fused-ring (bicyclic) bond motifs is 1. The van der Waals surface area contributed by atoms with E-state index in [-0.39, 0.29) is 11.5 Å². The zero-order chi connectivity index (χ0) is 18.1. The predicted molar refractivity (Wildman–Crippen MR) is 98.9 cm³/mol. The van der Waals surface area contributed by atoms with Crippen LogP contribution in [-0.2, 0) is 11.3 Å². The molecule has 0 unspecified atom stereocenters. The molecule has 1 aromatic carbocycles. The molecule has 3 rings (SSSR count). The fourth-order valence-corrected chi connectivity index (χ4v) is 3.27. The summed E-state index contributed by atoms with van der Waals surface area (Å²) in [6.45, 7) is 9.53. The molecule has 0 atom stereocenters. The fraction of sp³-hybridized carbons (Fsp3) is 0.526. The normalized spacial score (nSPS) is 15.8. The highest BCUT2D eigenvalue weighted by Gasteiger charge is 2.19. The molecule has 1 aromatic heterocycles. The zero-order valence-corrected chi connectivity index (χ0v) is 15.5. The Kier molecular flexibility index (Phi) is 4.90. The summed E-state index contributed by atoms with van der Waals surface area (Å²) in [6, 6.07) is 4.01. The predicted octanol–water partition coefficient (Wildman–Crippen LogP) is 1.49. The van der Waals surface area contributed by atoms with Gasteiger partial charge in [-0.2, -0.15) is 0 Å². The van der Waals surface area contributed by atoms with Crippen molar-refractivity contribution in [3.63, 3.8) is 0 Å². The molecule has 1 aliphatic rings. The highest BCUT2D eigenvalue weighted by atomic mass is 16.2. The third-order valence-electron chi connectivity index (χ3n) is 5.13. The molecule has 2 heterocycles. The van der Waals surface area contributed by atoms with Crippen LogP contribution < -0.4 is 5.56 Å². The Balaban J connectivity index is 1.85. The number of amides is 1. The highest BCUT2D eigenvalue weighted by molar-refractivity contribution is 5.78. The van der Waals surface area contributed by atoms with E-state index in [0.29, 0.717) is 18.7 Å². The van der Waals surface area contributed by atoms with E-state index in [1.807, 2.05) is 30.9 Å². The Labute approximate surface area is 148 Å². The monoisotopic (exact) mass is 342 g/mol. The number of aromatic nitrogens is 2. The SMILES string of the molecule is Cc1cc2nc(C)c(=O)n(CCC(=O)N3CCN(C)CC3)c2cc1C. The van der Waals surface area contributed by atoms with Gasteiger partial charge in [0.15, 0.2) is 0 Å². The molecule has 0 saturated carbocycles. The first kappa shape index (κ1) is 17.6. The number of carbonyl (C=O) groups is 1. The van der Waals surface area contributed by atoms with E-state index in [1.165, 1.54) is 0 Å². The van der Waals surface area contributed by atoms with Crippen molar-refractivity contribution in [2.24, 2.45) is 0 Å². The Morgan fingerprint density at radius 2 is 1.72 bits per heavy atom. The van der Waals surface area contributed by atoms with Crippen molar-refractivity contribution in [1.29, 1.82) is 0 Å². The van der Waals surface area contributed by atoms with Crippen LogP contribution in [0.5, 0.6) is 0 Å². The summed E-state index contributed by atoms with van der Waals surface area (Å²) in [5, 5.41) is 0. The Morgan fingerprint density at radius 3 is 2.40 bits per heavy atom. The van der Waals surface area contributed by atoms with Crippen molar-refractivity contribution in [2.75, 3.05) is 33.2 Å². The number of rotatable bonds is 3. The molecule has 25 heavy (non-hydrogen) atoms. The Hall–Kier alpha value is -2.21. The van der Waals surface area contributed by atoms with Gasteiger partial charge in [-0.15, -0.1) is 0 Å². The maximum absolute atomic E-state index is 12.6. The summed E-state index contributed by atoms with van der Waals surface area (Å²) in [6.07, 6.45) is 0.342. The summed E-state index contributed by atoms with van der Waals surface area (Å²) in [5.41, 5.74) is 4.26. The van der Waals surface area contributed by atoms with Gasteiger partial charge >= 0.3 is 0 Å². The average molecular weight is 342 g/mol. The van der Waals surface area contributed by atoms with E-state index < -0.39 is 0 Å². The topological polar surface area (TPSA) is 58.4 Å². The standard InChI is InChI=1S/C19H26N4O2/c1-13-11-16-17(12-14(13)2)23(19(25)15(3)20-16)6-5-18(24)22-9-7-21(4)8-10-22/h11-12H,5-10H2,1-4H3. The number of likely N-dealkylation sites (N-methyl/N-ethyl adjacent to an activating group) is 1. The van der Waals surface area contributed by atoms with Crippen LogP contribution in [0.1, 0.15) is 23.2 Å². The lowest BCUT2D eigenvalue weighted by atomic mass is 10.1. The first-order valence-corrected chi connectivity index (χ1v) is 8.81. The first-order valence-electron chi connectivity index (χ1n) is 8.81. The summed E-state index contributed by atoms with van der Waals surface area (Å²) >= 11 is 0. The second kappa shape index (κ2) is 6.96. The van der Waals surface area contributed by atoms with Crippen LogP contribution in [0.15, 0.2) is 16.9 Å². The van der Waals surface area contributed by atoms with Crippen molar-refractivity contribution in [3.8, 4) is 0 Å². The maximum Gasteiger partial charge on any atom is 0.272 e. The van der Waals surface area contributed by atoms with Gasteiger partial charge in [-0.1, -0.05) is 0 Å². The average Bonchev–Trinajstić information content (AvgIpc) is 2.58. The summed E-state index contributed by atoms with van der Waals surface area (Å²) in [7, 11) is 2.07. The van der Waals surface area contributed by atoms with Crippen molar-refractivity contribution in [1.82, 2.24) is 19.4 Å². The van der Waals surface area contributed by atoms with Gasteiger partial charge in [0.2, 0.25) is 5.91 Å². The van der Waals surface area contributed by atoms with E-state index in [1.54, 1.807) is 11.5 Å². The summed E-state index contributed by atoms with van der Waals surface area (Å²) in [5.74, 6) is 0.117. The molecular weight excluding hydrogens is 316 g/mol. The van der Waals surface area contributed by atoms with Gasteiger partial charge in [0.1, 0.15) is 5.69 Å². The summed E-state index contributed by atoms with van der Waals surface area (Å²) in [4.78, 5) is 33.6. The van der Waals surface area contributed by atoms with Gasteiger partial charge in [0, 0.05) is 39.1 Å². The van der Waals surface area contributed by atoms with E-state index in [4.69, 9.17) is 0 Å². The second-order valence-corrected chi connectivity index (χ2v) is 7.01. The highest BCUT2D eigenvalue weighted by Crippen LogP contribution is 2.17. The molecule has 1 fully saturated rings. The number of aryl methyl sites for hydroxylation is 4. The minimum absolute atomic E-state index is 0.109. The lowest BCUT2D eigenvalue weighted by molar-refractivity contribution is -0.133. The number of piperazine rings is 1. The molecule has 2 aromatic rings.